The van der Waals surface area contributed by atoms with Crippen molar-refractivity contribution in [2.45, 2.75) is 93.9 Å². The first-order valence-electron chi connectivity index (χ1n) is 18.6. The molecular weight excluding hydrogens is 749 g/mol. The number of rotatable bonds is 8. The van der Waals surface area contributed by atoms with Crippen LogP contribution in [0.15, 0.2) is 53.3 Å². The molecule has 2 aliphatic carbocycles. The molecule has 5 atom stereocenters. The third-order valence-electron chi connectivity index (χ3n) is 10.1. The largest absolute Gasteiger partial charge is 0.497 e. The van der Waals surface area contributed by atoms with E-state index in [9.17, 15) is 27.6 Å². The van der Waals surface area contributed by atoms with Crippen LogP contribution in [0.3, 0.4) is 0 Å². The van der Waals surface area contributed by atoms with E-state index in [0.717, 1.165) is 0 Å². The number of nitrogens with one attached hydrogen (secondary N) is 3. The van der Waals surface area contributed by atoms with Crippen molar-refractivity contribution >= 4 is 44.6 Å². The molecule has 2 aliphatic heterocycles. The van der Waals surface area contributed by atoms with Crippen LogP contribution in [0, 0.1) is 5.92 Å². The van der Waals surface area contributed by atoms with Gasteiger partial charge in [-0.2, -0.15) is 0 Å². The maximum absolute atomic E-state index is 14.5. The maximum atomic E-state index is 14.5. The van der Waals surface area contributed by atoms with Gasteiger partial charge in [0, 0.05) is 24.3 Å². The molecule has 1 aromatic carbocycles. The van der Waals surface area contributed by atoms with Gasteiger partial charge in [-0.05, 0) is 82.5 Å². The number of pyridine rings is 1. The first-order chi connectivity index (χ1) is 26.7. The van der Waals surface area contributed by atoms with E-state index in [0.29, 0.717) is 41.5 Å². The highest BCUT2D eigenvalue weighted by atomic mass is 32.2. The summed E-state index contributed by atoms with van der Waals surface area (Å²) < 4.78 is 56.6. The molecule has 56 heavy (non-hydrogen) atoms. The Morgan fingerprint density at radius 2 is 1.93 bits per heavy atom. The highest BCUT2D eigenvalue weighted by Crippen LogP contribution is 2.46. The van der Waals surface area contributed by atoms with Crippen molar-refractivity contribution in [1.82, 2.24) is 30.2 Å². The summed E-state index contributed by atoms with van der Waals surface area (Å²) in [5.74, 6) is -1.61. The molecule has 18 heteroatoms. The third kappa shape index (κ3) is 8.60. The van der Waals surface area contributed by atoms with E-state index in [1.165, 1.54) is 17.4 Å². The lowest BCUT2D eigenvalue weighted by atomic mass is 10.1. The van der Waals surface area contributed by atoms with Crippen LogP contribution in [0.5, 0.6) is 11.6 Å². The monoisotopic (exact) mass is 794 g/mol. The van der Waals surface area contributed by atoms with E-state index >= 15 is 0 Å². The number of hydrogen-bond acceptors (Lipinski definition) is 13. The van der Waals surface area contributed by atoms with E-state index < -0.39 is 74.3 Å². The Hall–Kier alpha value is -5.23. The zero-order chi connectivity index (χ0) is 39.8. The molecule has 2 saturated carbocycles. The molecule has 4 aliphatic rings. The number of methoxy groups -OCH3 is 1. The quantitative estimate of drug-likeness (QED) is 0.280. The van der Waals surface area contributed by atoms with Gasteiger partial charge in [-0.25, -0.2) is 23.2 Å². The van der Waals surface area contributed by atoms with Crippen molar-refractivity contribution in [2.75, 3.05) is 26.9 Å². The highest BCUT2D eigenvalue weighted by Gasteiger charge is 2.62. The van der Waals surface area contributed by atoms with Gasteiger partial charge < -0.3 is 38.9 Å². The minimum absolute atomic E-state index is 0.0268. The fourth-order valence-electron chi connectivity index (χ4n) is 7.05. The Kier molecular flexibility index (Phi) is 10.7. The molecule has 3 N–H and O–H groups in total. The highest BCUT2D eigenvalue weighted by molar-refractivity contribution is 7.91. The number of ether oxygens (including phenoxy) is 4. The topological polar surface area (TPSA) is 218 Å². The van der Waals surface area contributed by atoms with Crippen molar-refractivity contribution in [1.29, 1.82) is 0 Å². The van der Waals surface area contributed by atoms with Gasteiger partial charge in [-0.1, -0.05) is 12.2 Å². The summed E-state index contributed by atoms with van der Waals surface area (Å²) in [5.41, 5.74) is -2.06. The minimum atomic E-state index is -3.94. The van der Waals surface area contributed by atoms with Gasteiger partial charge in [0.15, 0.2) is 0 Å². The van der Waals surface area contributed by atoms with Crippen LogP contribution in [0.1, 0.15) is 59.3 Å². The lowest BCUT2D eigenvalue weighted by Crippen LogP contribution is -2.58. The first-order valence-corrected chi connectivity index (χ1v) is 20.2. The Balaban J connectivity index is 1.22. The Labute approximate surface area is 323 Å². The molecule has 0 spiro atoms. The van der Waals surface area contributed by atoms with Gasteiger partial charge in [-0.3, -0.25) is 19.1 Å². The van der Waals surface area contributed by atoms with E-state index in [2.05, 4.69) is 20.3 Å². The molecule has 3 aromatic rings. The summed E-state index contributed by atoms with van der Waals surface area (Å²) >= 11 is 0. The second-order valence-corrected chi connectivity index (χ2v) is 17.5. The number of benzene rings is 1. The third-order valence-corrected chi connectivity index (χ3v) is 11.9. The summed E-state index contributed by atoms with van der Waals surface area (Å²) in [7, 11) is -2.39. The number of alkyl carbamates (subject to hydrolysis) is 1. The molecular formula is C38H46N6O11S. The zero-order valence-corrected chi connectivity index (χ0v) is 32.4. The molecule has 4 heterocycles. The fourth-order valence-corrected chi connectivity index (χ4v) is 8.41. The summed E-state index contributed by atoms with van der Waals surface area (Å²) in [4.78, 5) is 66.0. The maximum Gasteiger partial charge on any atom is 0.408 e. The number of carbonyl (C=O) groups excluding carboxylic acids is 4. The molecule has 4 amide bonds. The smallest absolute Gasteiger partial charge is 0.408 e. The molecule has 17 nitrogen and oxygen atoms in total. The fraction of sp³-hybridized carbons (Fsp3) is 0.526. The number of amides is 4. The Morgan fingerprint density at radius 1 is 1.12 bits per heavy atom. The summed E-state index contributed by atoms with van der Waals surface area (Å²) in [6, 6.07) is 4.81. The molecule has 300 valence electrons. The molecule has 7 rings (SSSR count). The van der Waals surface area contributed by atoms with Crippen LogP contribution >= 0.6 is 0 Å². The van der Waals surface area contributed by atoms with E-state index in [4.69, 9.17) is 28.3 Å². The van der Waals surface area contributed by atoms with Crippen LogP contribution in [0.25, 0.3) is 22.4 Å². The molecule has 1 saturated heterocycles. The predicted octanol–water partition coefficient (Wildman–Crippen LogP) is 2.99. The van der Waals surface area contributed by atoms with Crippen LogP contribution in [-0.2, 0) is 33.9 Å². The lowest BCUT2D eigenvalue weighted by molar-refractivity contribution is -0.141. The average Bonchev–Trinajstić information content (AvgIpc) is 4.00. The number of oxazole rings is 1. The normalized spacial score (nSPS) is 26.5. The van der Waals surface area contributed by atoms with Crippen molar-refractivity contribution < 1.29 is 51.0 Å². The molecule has 0 bridgehead atoms. The van der Waals surface area contributed by atoms with Gasteiger partial charge in [0.1, 0.15) is 47.0 Å². The number of fused-ring (bicyclic) bond motifs is 3. The molecule has 0 unspecified atom stereocenters. The molecule has 0 radical (unpaired) electrons. The second kappa shape index (κ2) is 15.4. The molecule has 3 fully saturated rings. The van der Waals surface area contributed by atoms with Crippen molar-refractivity contribution in [2.24, 2.45) is 5.92 Å². The van der Waals surface area contributed by atoms with Gasteiger partial charge in [0.2, 0.25) is 33.6 Å². The minimum Gasteiger partial charge on any atom is -0.497 e. The van der Waals surface area contributed by atoms with Crippen molar-refractivity contribution in [3.05, 3.63) is 48.9 Å². The number of sulfonamides is 1. The van der Waals surface area contributed by atoms with Crippen LogP contribution in [-0.4, -0.2) is 109 Å². The molecule has 2 aromatic heterocycles. The van der Waals surface area contributed by atoms with Crippen LogP contribution in [0.4, 0.5) is 4.79 Å². The van der Waals surface area contributed by atoms with Crippen LogP contribution < -0.4 is 24.8 Å². The van der Waals surface area contributed by atoms with Gasteiger partial charge in [0.25, 0.3) is 5.91 Å². The SMILES string of the molecule is COc1ccc2c(O[C@@H]3C[C@H]4C(=O)N[C@]5(C(=O)NS(=O)(=O)C6CC6)C[C@H]5/C=C\COCCC[C@H](NC(=O)OC(C)(C)C)C(=O)N4C3)nc(-c3ncco3)cc2c1. The van der Waals surface area contributed by atoms with Crippen molar-refractivity contribution in [3.8, 4) is 23.2 Å². The van der Waals surface area contributed by atoms with E-state index in [1.54, 1.807) is 64.3 Å². The lowest BCUT2D eigenvalue weighted by Gasteiger charge is -2.30. The van der Waals surface area contributed by atoms with Crippen LogP contribution in [0.2, 0.25) is 0 Å². The Morgan fingerprint density at radius 3 is 2.64 bits per heavy atom. The van der Waals surface area contributed by atoms with E-state index in [1.807, 2.05) is 0 Å². The zero-order valence-electron chi connectivity index (χ0n) is 31.6. The summed E-state index contributed by atoms with van der Waals surface area (Å²) in [6.07, 6.45) is 6.29. The summed E-state index contributed by atoms with van der Waals surface area (Å²) in [6.45, 7) is 5.44. The van der Waals surface area contributed by atoms with E-state index in [-0.39, 0.29) is 50.8 Å². The second-order valence-electron chi connectivity index (χ2n) is 15.5. The predicted molar refractivity (Wildman–Crippen MR) is 200 cm³/mol. The average molecular weight is 795 g/mol. The van der Waals surface area contributed by atoms with Gasteiger partial charge >= 0.3 is 6.09 Å². The van der Waals surface area contributed by atoms with Gasteiger partial charge in [0.05, 0.1) is 31.7 Å². The number of aromatic nitrogens is 2. The first kappa shape index (κ1) is 39.0. The Bertz CT molecular complexity index is 2130. The standard InChI is InChI=1S/C38H46N6O11S/c1-37(2,3)55-36(48)41-28-8-6-15-52-14-5-7-23-20-38(23,35(47)43-56(49,50)26-10-11-26)42-31(45)30-19-25(21-44(30)34(28)46)54-32-27-12-9-24(51-4)17-22(27)18-29(40-32)33-39-13-16-53-33/h5,7,9,12-13,16-18,23,25-26,28,30H,6,8,10-11,14-15,19-21H2,1-4H3,(H,41,48)(H,42,45)(H,43,47)/b7-5-/t23-,25-,28+,30+,38-/m1/s1. The summed E-state index contributed by atoms with van der Waals surface area (Å²) in [5, 5.41) is 6.18. The number of hydrogen-bond donors (Lipinski definition) is 3. The number of carbonyl (C=O) groups is 4. The number of nitrogens with zero attached hydrogens (tertiary/aromatic N) is 3. The van der Waals surface area contributed by atoms with Crippen molar-refractivity contribution in [3.63, 3.8) is 0 Å². The van der Waals surface area contributed by atoms with Gasteiger partial charge in [-0.15, -0.1) is 0 Å².